The van der Waals surface area contributed by atoms with Crippen LogP contribution in [0.2, 0.25) is 0 Å². The van der Waals surface area contributed by atoms with Gasteiger partial charge in [0.25, 0.3) is 5.56 Å². The number of carboxylic acid groups (broad SMARTS) is 1. The Morgan fingerprint density at radius 3 is 2.09 bits per heavy atom. The number of nitrogens with zero attached hydrogens (tertiary/aromatic N) is 3. The Balaban J connectivity index is 0.000000279. The molecule has 0 saturated carbocycles. The highest BCUT2D eigenvalue weighted by Gasteiger charge is 2.42. The molecule has 2 unspecified atom stereocenters. The van der Waals surface area contributed by atoms with Gasteiger partial charge < -0.3 is 48.6 Å². The van der Waals surface area contributed by atoms with Gasteiger partial charge in [-0.1, -0.05) is 39.0 Å². The number of aromatic nitrogens is 2. The molecule has 0 saturated heterocycles. The molecular weight excluding hydrogens is 1010 g/mol. The minimum Gasteiger partial charge on any atom is -0.489 e. The van der Waals surface area contributed by atoms with Crippen molar-refractivity contribution in [3.05, 3.63) is 134 Å². The van der Waals surface area contributed by atoms with Gasteiger partial charge in [-0.3, -0.25) is 28.9 Å². The number of alkyl halides is 3. The Kier molecular flexibility index (Phi) is 20.8. The number of urea groups is 1. The third kappa shape index (κ3) is 17.4. The van der Waals surface area contributed by atoms with Crippen molar-refractivity contribution in [1.29, 1.82) is 0 Å². The third-order valence-corrected chi connectivity index (χ3v) is 11.8. The monoisotopic (exact) mass is 1080 g/mol. The summed E-state index contributed by atoms with van der Waals surface area (Å²) in [7, 11) is 2.74. The fourth-order valence-corrected chi connectivity index (χ4v) is 7.67. The zero-order chi connectivity index (χ0) is 56.1. The molecule has 5 aromatic rings. The predicted octanol–water partition coefficient (Wildman–Crippen LogP) is 7.36. The fourth-order valence-electron chi connectivity index (χ4n) is 7.27. The van der Waals surface area contributed by atoms with Crippen LogP contribution in [0.3, 0.4) is 0 Å². The van der Waals surface area contributed by atoms with Crippen molar-refractivity contribution in [2.45, 2.75) is 77.5 Å². The van der Waals surface area contributed by atoms with E-state index in [1.165, 1.54) is 45.5 Å². The number of carbonyl (C=O) groups excluding carboxylic acids is 2. The van der Waals surface area contributed by atoms with E-state index in [1.54, 1.807) is 38.3 Å². The summed E-state index contributed by atoms with van der Waals surface area (Å²) in [5.41, 5.74) is -0.118. The number of rotatable bonds is 17. The maximum atomic E-state index is 13.1. The maximum absolute atomic E-state index is 13.1. The summed E-state index contributed by atoms with van der Waals surface area (Å²) in [4.78, 5) is 79.3. The van der Waals surface area contributed by atoms with E-state index in [0.717, 1.165) is 41.8 Å². The Bertz CT molecular complexity index is 2940. The molecule has 0 aliphatic carbocycles. The number of methoxy groups -OCH3 is 2. The standard InChI is InChI=1S/C25H25F3N2O6.C22H28N2O5.C3H8NO5P/c1-5-16-6-7-17(20(12-16)36-15(2)23(32)34-4)14-35-19-10-8-18(9-11-19)30-22(31)13-21(25(26,27)28)29(3)24(30)33;1-21(2)14-22(3,26-5)29-19-13-17(11-12-18(19)21)28-16-9-7-15(8-10-16)23-20(25)24(4)27-6;5-3(6)1-4-2-10(7,8)9/h6-13,15H,5,14H2,1-4H3;7-13H,14H2,1-6H3,(H,23,25);4H,1-2H2,(H,5,6)(H2,7,8,9). The van der Waals surface area contributed by atoms with E-state index in [4.69, 9.17) is 48.2 Å². The van der Waals surface area contributed by atoms with Crippen LogP contribution in [0.4, 0.5) is 23.7 Å². The molecule has 408 valence electrons. The number of anilines is 1. The molecule has 2 amide bonds. The van der Waals surface area contributed by atoms with Crippen LogP contribution in [0, 0.1) is 0 Å². The lowest BCUT2D eigenvalue weighted by molar-refractivity contribution is -0.172. The Hall–Kier alpha value is -7.21. The molecule has 0 radical (unpaired) electrons. The summed E-state index contributed by atoms with van der Waals surface area (Å²) in [6.07, 6.45) is -4.75. The molecule has 21 nitrogen and oxygen atoms in total. The van der Waals surface area contributed by atoms with E-state index in [-0.39, 0.29) is 23.7 Å². The highest BCUT2D eigenvalue weighted by molar-refractivity contribution is 7.51. The molecule has 2 heterocycles. The second-order valence-electron chi connectivity index (χ2n) is 17.4. The van der Waals surface area contributed by atoms with Gasteiger partial charge in [0.2, 0.25) is 5.79 Å². The minimum atomic E-state index is -4.84. The van der Waals surface area contributed by atoms with Gasteiger partial charge in [0.05, 0.1) is 32.7 Å². The van der Waals surface area contributed by atoms with Crippen molar-refractivity contribution in [2.24, 2.45) is 7.05 Å². The highest BCUT2D eigenvalue weighted by atomic mass is 31.2. The molecule has 2 atom stereocenters. The molecule has 5 N–H and O–H groups in total. The van der Waals surface area contributed by atoms with Gasteiger partial charge in [-0.2, -0.15) is 13.2 Å². The number of amides is 2. The first-order valence-corrected chi connectivity index (χ1v) is 24.6. The lowest BCUT2D eigenvalue weighted by atomic mass is 9.76. The smallest absolute Gasteiger partial charge is 0.431 e. The number of carboxylic acids is 1. The largest absolute Gasteiger partial charge is 0.489 e. The van der Waals surface area contributed by atoms with E-state index in [1.807, 2.05) is 50.2 Å². The first-order chi connectivity index (χ1) is 35.0. The Morgan fingerprint density at radius 2 is 1.53 bits per heavy atom. The average molecular weight is 1080 g/mol. The third-order valence-electron chi connectivity index (χ3n) is 11.2. The number of halogens is 3. The molecule has 0 fully saturated rings. The minimum absolute atomic E-state index is 0.0773. The molecule has 1 aliphatic rings. The van der Waals surface area contributed by atoms with Crippen LogP contribution in [0.5, 0.6) is 28.7 Å². The Morgan fingerprint density at radius 1 is 0.907 bits per heavy atom. The Labute approximate surface area is 429 Å². The maximum Gasteiger partial charge on any atom is 0.431 e. The number of fused-ring (bicyclic) bond motifs is 1. The first kappa shape index (κ1) is 60.3. The normalized spacial score (nSPS) is 15.0. The van der Waals surface area contributed by atoms with E-state index in [9.17, 15) is 41.7 Å². The second-order valence-corrected chi connectivity index (χ2v) is 19.1. The van der Waals surface area contributed by atoms with Crippen LogP contribution in [-0.4, -0.2) is 100 Å². The summed E-state index contributed by atoms with van der Waals surface area (Å²) in [6, 6.07) is 24.2. The molecule has 0 spiro atoms. The number of esters is 1. The number of benzene rings is 4. The number of carbonyl (C=O) groups is 3. The number of aryl methyl sites for hydroxylation is 1. The van der Waals surface area contributed by atoms with Crippen molar-refractivity contribution < 1.29 is 80.3 Å². The fraction of sp³-hybridized carbons (Fsp3) is 0.380. The van der Waals surface area contributed by atoms with E-state index < -0.39 is 67.4 Å². The van der Waals surface area contributed by atoms with Gasteiger partial charge in [0, 0.05) is 63.5 Å². The number of hydrogen-bond acceptors (Lipinski definition) is 14. The molecule has 1 aliphatic heterocycles. The van der Waals surface area contributed by atoms with Crippen molar-refractivity contribution >= 4 is 31.3 Å². The number of nitrogens with one attached hydrogen (secondary N) is 2. The van der Waals surface area contributed by atoms with E-state index >= 15 is 0 Å². The van der Waals surface area contributed by atoms with Crippen molar-refractivity contribution in [1.82, 2.24) is 19.5 Å². The number of ether oxygens (including phenoxy) is 6. The van der Waals surface area contributed by atoms with E-state index in [0.29, 0.717) is 49.4 Å². The molecular formula is C50H61F3N5O16P. The van der Waals surface area contributed by atoms with Crippen molar-refractivity contribution in [3.63, 3.8) is 0 Å². The van der Waals surface area contributed by atoms with Crippen molar-refractivity contribution in [2.75, 3.05) is 46.5 Å². The van der Waals surface area contributed by atoms with Crippen LogP contribution < -0.4 is 40.8 Å². The SMILES string of the molecule is CCc1ccc(COc2ccc(-n3c(=O)cc(C(F)(F)F)n(C)c3=O)cc2)c(OC(C)C(=O)OC)c1.CON(C)C(=O)Nc1ccc(Oc2ccc3c(c2)OC(C)(OC)CC3(C)C)cc1.O=C(O)CNCP(=O)(O)O. The van der Waals surface area contributed by atoms with Gasteiger partial charge in [0.15, 0.2) is 6.10 Å². The summed E-state index contributed by atoms with van der Waals surface area (Å²) < 4.78 is 84.2. The van der Waals surface area contributed by atoms with Gasteiger partial charge in [-0.15, -0.1) is 0 Å². The van der Waals surface area contributed by atoms with Crippen LogP contribution >= 0.6 is 7.60 Å². The van der Waals surface area contributed by atoms with Gasteiger partial charge >= 0.3 is 37.4 Å². The molecule has 75 heavy (non-hydrogen) atoms. The predicted molar refractivity (Wildman–Crippen MR) is 268 cm³/mol. The van der Waals surface area contributed by atoms with Crippen LogP contribution in [0.25, 0.3) is 5.69 Å². The second kappa shape index (κ2) is 25.8. The molecule has 6 rings (SSSR count). The summed E-state index contributed by atoms with van der Waals surface area (Å²) >= 11 is 0. The average Bonchev–Trinajstić information content (AvgIpc) is 3.34. The number of hydroxylamine groups is 2. The topological polar surface area (TPSA) is 265 Å². The van der Waals surface area contributed by atoms with Gasteiger partial charge in [-0.05, 0) is 85.0 Å². The molecule has 4 aromatic carbocycles. The van der Waals surface area contributed by atoms with E-state index in [2.05, 4.69) is 24.5 Å². The summed E-state index contributed by atoms with van der Waals surface area (Å²) in [6.45, 7) is 9.50. The zero-order valence-electron chi connectivity index (χ0n) is 42.8. The molecule has 0 bridgehead atoms. The van der Waals surface area contributed by atoms with Crippen LogP contribution in [-0.2, 0) is 60.1 Å². The van der Waals surface area contributed by atoms with Crippen LogP contribution in [0.1, 0.15) is 63.4 Å². The lowest BCUT2D eigenvalue weighted by Crippen LogP contribution is -2.45. The zero-order valence-corrected chi connectivity index (χ0v) is 43.7. The van der Waals surface area contributed by atoms with Crippen LogP contribution in [0.15, 0.2) is 101 Å². The number of hydrogen-bond donors (Lipinski definition) is 5. The first-order valence-electron chi connectivity index (χ1n) is 22.8. The molecule has 1 aromatic heterocycles. The quantitative estimate of drug-likeness (QED) is 0.0346. The highest BCUT2D eigenvalue weighted by Crippen LogP contribution is 2.46. The lowest BCUT2D eigenvalue weighted by Gasteiger charge is -2.43. The molecule has 25 heteroatoms. The summed E-state index contributed by atoms with van der Waals surface area (Å²) in [5.74, 6) is 0.561. The van der Waals surface area contributed by atoms with Gasteiger partial charge in [0.1, 0.15) is 41.0 Å². The summed E-state index contributed by atoms with van der Waals surface area (Å²) in [5, 5.41) is 13.9. The van der Waals surface area contributed by atoms with Gasteiger partial charge in [-0.25, -0.2) is 24.0 Å². The number of aliphatic carboxylic acids is 1. The van der Waals surface area contributed by atoms with Crippen molar-refractivity contribution in [3.8, 4) is 34.4 Å².